The first-order chi connectivity index (χ1) is 12.3. The number of aromatic nitrogens is 1. The lowest BCUT2D eigenvalue weighted by Gasteiger charge is -2.10. The van der Waals surface area contributed by atoms with Crippen LogP contribution in [-0.2, 0) is 5.75 Å². The number of nitrogens with zero attached hydrogens (tertiary/aromatic N) is 1. The van der Waals surface area contributed by atoms with Crippen molar-refractivity contribution < 1.29 is 14.2 Å². The van der Waals surface area contributed by atoms with Crippen molar-refractivity contribution in [3.63, 3.8) is 0 Å². The Labute approximate surface area is 155 Å². The minimum atomic E-state index is 0.708. The number of thiazole rings is 1. The summed E-state index contributed by atoms with van der Waals surface area (Å²) in [6.07, 6.45) is 0. The summed E-state index contributed by atoms with van der Waals surface area (Å²) in [4.78, 5) is 5.87. The van der Waals surface area contributed by atoms with Crippen LogP contribution in [0.3, 0.4) is 0 Å². The van der Waals surface area contributed by atoms with E-state index in [4.69, 9.17) is 19.2 Å². The number of para-hydroxylation sites is 2. The predicted octanol–water partition coefficient (Wildman–Crippen LogP) is 5.13. The molecule has 0 unspecified atom stereocenters. The van der Waals surface area contributed by atoms with Crippen molar-refractivity contribution in [2.24, 2.45) is 0 Å². The molecule has 0 N–H and O–H groups in total. The topological polar surface area (TPSA) is 40.6 Å². The Hall–Kier alpha value is -2.18. The summed E-state index contributed by atoms with van der Waals surface area (Å²) < 4.78 is 16.3. The van der Waals surface area contributed by atoms with E-state index in [9.17, 15) is 0 Å². The summed E-state index contributed by atoms with van der Waals surface area (Å²) in [5.41, 5.74) is 1.97. The van der Waals surface area contributed by atoms with Gasteiger partial charge in [0.2, 0.25) is 0 Å². The van der Waals surface area contributed by atoms with Gasteiger partial charge in [-0.2, -0.15) is 0 Å². The van der Waals surface area contributed by atoms with Gasteiger partial charge in [0.25, 0.3) is 0 Å². The average molecular weight is 373 g/mol. The lowest BCUT2D eigenvalue weighted by Crippen LogP contribution is -1.93. The standard InChI is InChI=1S/C19H19NO3S2/c1-21-15-8-4-5-10-17(15)24-11-13-12-25-19(20-13)14-7-6-9-16(22-2)18(14)23-3/h4-10,12H,11H2,1-3H3. The maximum absolute atomic E-state index is 5.51. The van der Waals surface area contributed by atoms with Crippen LogP contribution in [0.5, 0.6) is 17.2 Å². The summed E-state index contributed by atoms with van der Waals surface area (Å²) in [6, 6.07) is 13.8. The van der Waals surface area contributed by atoms with E-state index in [1.807, 2.05) is 36.4 Å². The molecule has 0 aliphatic carbocycles. The van der Waals surface area contributed by atoms with Gasteiger partial charge in [-0.1, -0.05) is 18.2 Å². The second-order valence-electron chi connectivity index (χ2n) is 5.12. The Morgan fingerprint density at radius 2 is 1.68 bits per heavy atom. The molecule has 0 aliphatic heterocycles. The zero-order valence-corrected chi connectivity index (χ0v) is 15.9. The zero-order chi connectivity index (χ0) is 17.6. The van der Waals surface area contributed by atoms with Crippen LogP contribution < -0.4 is 14.2 Å². The molecule has 3 aromatic rings. The Morgan fingerprint density at radius 1 is 0.920 bits per heavy atom. The van der Waals surface area contributed by atoms with E-state index >= 15 is 0 Å². The molecule has 3 rings (SSSR count). The maximum Gasteiger partial charge on any atom is 0.170 e. The third kappa shape index (κ3) is 3.91. The van der Waals surface area contributed by atoms with Gasteiger partial charge >= 0.3 is 0 Å². The lowest BCUT2D eigenvalue weighted by molar-refractivity contribution is 0.356. The SMILES string of the molecule is COc1ccccc1SCc1csc(-c2cccc(OC)c2OC)n1. The quantitative estimate of drug-likeness (QED) is 0.537. The number of hydrogen-bond donors (Lipinski definition) is 0. The van der Waals surface area contributed by atoms with Crippen LogP contribution in [0.1, 0.15) is 5.69 Å². The fourth-order valence-corrected chi connectivity index (χ4v) is 4.31. The third-order valence-corrected chi connectivity index (χ3v) is 5.64. The summed E-state index contributed by atoms with van der Waals surface area (Å²) in [5, 5.41) is 3.00. The van der Waals surface area contributed by atoms with Gasteiger partial charge in [0.05, 0.1) is 32.6 Å². The molecule has 2 aromatic carbocycles. The van der Waals surface area contributed by atoms with E-state index < -0.39 is 0 Å². The number of ether oxygens (including phenoxy) is 3. The maximum atomic E-state index is 5.51. The number of thioether (sulfide) groups is 1. The van der Waals surface area contributed by atoms with Crippen molar-refractivity contribution in [3.05, 3.63) is 53.5 Å². The molecule has 4 nitrogen and oxygen atoms in total. The number of hydrogen-bond acceptors (Lipinski definition) is 6. The molecule has 1 heterocycles. The van der Waals surface area contributed by atoms with Crippen LogP contribution in [0, 0.1) is 0 Å². The molecule has 0 saturated carbocycles. The van der Waals surface area contributed by atoms with E-state index in [-0.39, 0.29) is 0 Å². The van der Waals surface area contributed by atoms with Gasteiger partial charge in [-0.05, 0) is 24.3 Å². The Kier molecular flexibility index (Phi) is 5.83. The van der Waals surface area contributed by atoms with Gasteiger partial charge in [-0.15, -0.1) is 23.1 Å². The monoisotopic (exact) mass is 373 g/mol. The Balaban J connectivity index is 1.79. The first-order valence-corrected chi connectivity index (χ1v) is 9.55. The molecule has 0 saturated heterocycles. The first kappa shape index (κ1) is 17.6. The van der Waals surface area contributed by atoms with E-state index in [1.54, 1.807) is 44.4 Å². The largest absolute Gasteiger partial charge is 0.496 e. The van der Waals surface area contributed by atoms with Crippen LogP contribution in [0.15, 0.2) is 52.7 Å². The second-order valence-corrected chi connectivity index (χ2v) is 7.00. The summed E-state index contributed by atoms with van der Waals surface area (Å²) in [7, 11) is 4.97. The van der Waals surface area contributed by atoms with Gasteiger partial charge in [0.1, 0.15) is 10.8 Å². The van der Waals surface area contributed by atoms with Gasteiger partial charge < -0.3 is 14.2 Å². The number of methoxy groups -OCH3 is 3. The molecule has 0 bridgehead atoms. The van der Waals surface area contributed by atoms with Crippen molar-refractivity contribution in [2.75, 3.05) is 21.3 Å². The highest BCUT2D eigenvalue weighted by Gasteiger charge is 2.15. The smallest absolute Gasteiger partial charge is 0.170 e. The van der Waals surface area contributed by atoms with Crippen LogP contribution in [0.2, 0.25) is 0 Å². The highest BCUT2D eigenvalue weighted by molar-refractivity contribution is 7.98. The highest BCUT2D eigenvalue weighted by Crippen LogP contribution is 2.39. The van der Waals surface area contributed by atoms with Gasteiger partial charge in [-0.25, -0.2) is 4.98 Å². The third-order valence-electron chi connectivity index (χ3n) is 3.63. The average Bonchev–Trinajstić information content (AvgIpc) is 3.14. The first-order valence-electron chi connectivity index (χ1n) is 7.68. The molecule has 0 fully saturated rings. The Bertz CT molecular complexity index is 848. The second kappa shape index (κ2) is 8.27. The predicted molar refractivity (Wildman–Crippen MR) is 103 cm³/mol. The molecule has 1 aromatic heterocycles. The van der Waals surface area contributed by atoms with Crippen molar-refractivity contribution in [3.8, 4) is 27.8 Å². The molecule has 0 spiro atoms. The molecule has 0 atom stereocenters. The minimum Gasteiger partial charge on any atom is -0.496 e. The Morgan fingerprint density at radius 3 is 2.44 bits per heavy atom. The summed E-state index contributed by atoms with van der Waals surface area (Å²) in [6.45, 7) is 0. The van der Waals surface area contributed by atoms with Crippen LogP contribution in [0.25, 0.3) is 10.6 Å². The molecule has 6 heteroatoms. The van der Waals surface area contributed by atoms with E-state index in [0.29, 0.717) is 11.5 Å². The van der Waals surface area contributed by atoms with Crippen molar-refractivity contribution in [1.82, 2.24) is 4.98 Å². The molecule has 0 amide bonds. The number of benzene rings is 2. The fourth-order valence-electron chi connectivity index (χ4n) is 2.44. The van der Waals surface area contributed by atoms with Gasteiger partial charge in [-0.3, -0.25) is 0 Å². The van der Waals surface area contributed by atoms with Crippen LogP contribution in [-0.4, -0.2) is 26.3 Å². The van der Waals surface area contributed by atoms with Gasteiger partial charge in [0.15, 0.2) is 11.5 Å². The van der Waals surface area contributed by atoms with Crippen LogP contribution >= 0.6 is 23.1 Å². The van der Waals surface area contributed by atoms with E-state index in [1.165, 1.54) is 0 Å². The fraction of sp³-hybridized carbons (Fsp3) is 0.211. The van der Waals surface area contributed by atoms with Crippen molar-refractivity contribution in [1.29, 1.82) is 0 Å². The van der Waals surface area contributed by atoms with Gasteiger partial charge in [0, 0.05) is 16.0 Å². The van der Waals surface area contributed by atoms with Crippen molar-refractivity contribution in [2.45, 2.75) is 10.6 Å². The number of rotatable bonds is 7. The summed E-state index contributed by atoms with van der Waals surface area (Å²) >= 11 is 3.32. The molecular formula is C19H19NO3S2. The minimum absolute atomic E-state index is 0.708. The molecule has 0 radical (unpaired) electrons. The van der Waals surface area contributed by atoms with Crippen molar-refractivity contribution >= 4 is 23.1 Å². The lowest BCUT2D eigenvalue weighted by atomic mass is 10.2. The molecule has 130 valence electrons. The summed E-state index contributed by atoms with van der Waals surface area (Å²) in [5.74, 6) is 3.09. The van der Waals surface area contributed by atoms with E-state index in [0.717, 1.165) is 32.7 Å². The normalized spacial score (nSPS) is 10.5. The molecular weight excluding hydrogens is 354 g/mol. The van der Waals surface area contributed by atoms with E-state index in [2.05, 4.69) is 11.4 Å². The molecule has 0 aliphatic rings. The van der Waals surface area contributed by atoms with Crippen LogP contribution in [0.4, 0.5) is 0 Å². The molecule has 25 heavy (non-hydrogen) atoms. The zero-order valence-electron chi connectivity index (χ0n) is 14.3. The highest BCUT2D eigenvalue weighted by atomic mass is 32.2.